The molecule has 0 spiro atoms. The van der Waals surface area contributed by atoms with Crippen LogP contribution in [0.5, 0.6) is 0 Å². The molecule has 8 nitrogen and oxygen atoms in total. The van der Waals surface area contributed by atoms with Crippen molar-refractivity contribution in [3.05, 3.63) is 34.6 Å². The number of pyridine rings is 1. The number of aromatic nitrogens is 4. The minimum Gasteiger partial charge on any atom is -0.480 e. The van der Waals surface area contributed by atoms with Crippen LogP contribution >= 0.6 is 22.9 Å². The maximum absolute atomic E-state index is 12.2. The molecule has 0 radical (unpaired) electrons. The van der Waals surface area contributed by atoms with Gasteiger partial charge in [0.1, 0.15) is 12.9 Å². The van der Waals surface area contributed by atoms with Gasteiger partial charge in [-0.25, -0.2) is 9.67 Å². The van der Waals surface area contributed by atoms with E-state index in [0.29, 0.717) is 16.1 Å². The van der Waals surface area contributed by atoms with E-state index in [-0.39, 0.29) is 12.5 Å². The first-order valence-corrected chi connectivity index (χ1v) is 7.24. The van der Waals surface area contributed by atoms with Gasteiger partial charge in [-0.1, -0.05) is 11.6 Å². The lowest BCUT2D eigenvalue weighted by Gasteiger charge is -1.99. The summed E-state index contributed by atoms with van der Waals surface area (Å²) in [6.45, 7) is -0.329. The SMILES string of the molecule is O=C(O)Cn1cnc(NC(=O)c2csc3cc(Cl)cnc23)n1. The molecule has 112 valence electrons. The number of carbonyl (C=O) groups excluding carboxylic acids is 1. The fraction of sp³-hybridized carbons (Fsp3) is 0.0833. The Labute approximate surface area is 132 Å². The van der Waals surface area contributed by atoms with E-state index in [1.165, 1.54) is 23.9 Å². The van der Waals surface area contributed by atoms with E-state index in [0.717, 1.165) is 9.38 Å². The molecule has 3 rings (SSSR count). The van der Waals surface area contributed by atoms with Crippen LogP contribution in [-0.2, 0) is 11.3 Å². The second-order valence-electron chi connectivity index (χ2n) is 4.26. The number of anilines is 1. The lowest BCUT2D eigenvalue weighted by molar-refractivity contribution is -0.137. The van der Waals surface area contributed by atoms with Crippen molar-refractivity contribution < 1.29 is 14.7 Å². The maximum atomic E-state index is 12.2. The fourth-order valence-electron chi connectivity index (χ4n) is 1.79. The van der Waals surface area contributed by atoms with Gasteiger partial charge >= 0.3 is 5.97 Å². The molecule has 0 atom stereocenters. The number of carboxylic acid groups (broad SMARTS) is 1. The van der Waals surface area contributed by atoms with Crippen molar-refractivity contribution >= 4 is 51.0 Å². The molecule has 3 heterocycles. The van der Waals surface area contributed by atoms with Crippen LogP contribution in [0.4, 0.5) is 5.95 Å². The quantitative estimate of drug-likeness (QED) is 0.752. The molecule has 1 amide bonds. The van der Waals surface area contributed by atoms with E-state index in [4.69, 9.17) is 16.7 Å². The molecule has 0 aliphatic rings. The summed E-state index contributed by atoms with van der Waals surface area (Å²) < 4.78 is 1.91. The van der Waals surface area contributed by atoms with Crippen molar-refractivity contribution in [2.75, 3.05) is 5.32 Å². The van der Waals surface area contributed by atoms with Crippen molar-refractivity contribution in [1.82, 2.24) is 19.7 Å². The highest BCUT2D eigenvalue weighted by atomic mass is 35.5. The van der Waals surface area contributed by atoms with Gasteiger partial charge in [0.05, 0.1) is 20.8 Å². The van der Waals surface area contributed by atoms with E-state index in [1.807, 2.05) is 0 Å². The van der Waals surface area contributed by atoms with E-state index in [1.54, 1.807) is 11.4 Å². The zero-order chi connectivity index (χ0) is 15.7. The van der Waals surface area contributed by atoms with Gasteiger partial charge < -0.3 is 5.11 Å². The van der Waals surface area contributed by atoms with Crippen LogP contribution in [0.2, 0.25) is 5.02 Å². The molecule has 22 heavy (non-hydrogen) atoms. The number of carbonyl (C=O) groups is 2. The number of fused-ring (bicyclic) bond motifs is 1. The highest BCUT2D eigenvalue weighted by Gasteiger charge is 2.16. The topological polar surface area (TPSA) is 110 Å². The average Bonchev–Trinajstić information content (AvgIpc) is 3.04. The Morgan fingerprint density at radius 2 is 2.23 bits per heavy atom. The van der Waals surface area contributed by atoms with E-state index >= 15 is 0 Å². The Bertz CT molecular complexity index is 875. The summed E-state index contributed by atoms with van der Waals surface area (Å²) in [6.07, 6.45) is 2.70. The van der Waals surface area contributed by atoms with Gasteiger partial charge in [-0.15, -0.1) is 16.4 Å². The van der Waals surface area contributed by atoms with Gasteiger partial charge in [0.25, 0.3) is 5.91 Å². The summed E-state index contributed by atoms with van der Waals surface area (Å²) in [5.41, 5.74) is 0.920. The molecule has 0 aliphatic carbocycles. The van der Waals surface area contributed by atoms with Crippen molar-refractivity contribution in [3.63, 3.8) is 0 Å². The second-order valence-corrected chi connectivity index (χ2v) is 5.61. The number of hydrogen-bond donors (Lipinski definition) is 2. The van der Waals surface area contributed by atoms with Crippen molar-refractivity contribution in [1.29, 1.82) is 0 Å². The Morgan fingerprint density at radius 3 is 3.00 bits per heavy atom. The first-order valence-electron chi connectivity index (χ1n) is 5.98. The first kappa shape index (κ1) is 14.4. The lowest BCUT2D eigenvalue weighted by Crippen LogP contribution is -2.14. The molecule has 0 fully saturated rings. The van der Waals surface area contributed by atoms with Crippen molar-refractivity contribution in [3.8, 4) is 0 Å². The Morgan fingerprint density at radius 1 is 1.41 bits per heavy atom. The number of amides is 1. The molecule has 2 N–H and O–H groups in total. The third kappa shape index (κ3) is 2.90. The summed E-state index contributed by atoms with van der Waals surface area (Å²) >= 11 is 7.20. The second kappa shape index (κ2) is 5.70. The zero-order valence-electron chi connectivity index (χ0n) is 10.9. The highest BCUT2D eigenvalue weighted by Crippen LogP contribution is 2.26. The molecule has 0 aliphatic heterocycles. The van der Waals surface area contributed by atoms with E-state index in [2.05, 4.69) is 20.4 Å². The summed E-state index contributed by atoms with van der Waals surface area (Å²) in [5, 5.41) is 17.2. The number of carboxylic acids is 1. The number of nitrogens with one attached hydrogen (secondary N) is 1. The minimum atomic E-state index is -1.05. The van der Waals surface area contributed by atoms with Crippen molar-refractivity contribution in [2.45, 2.75) is 6.54 Å². The van der Waals surface area contributed by atoms with Gasteiger partial charge in [-0.3, -0.25) is 19.9 Å². The molecule has 0 bridgehead atoms. The third-order valence-electron chi connectivity index (χ3n) is 2.68. The first-order chi connectivity index (χ1) is 10.5. The number of rotatable bonds is 4. The third-order valence-corrected chi connectivity index (χ3v) is 3.81. The smallest absolute Gasteiger partial charge is 0.325 e. The molecular weight excluding hydrogens is 330 g/mol. The molecular formula is C12H8ClN5O3S. The molecule has 0 saturated carbocycles. The van der Waals surface area contributed by atoms with Crippen LogP contribution in [0.15, 0.2) is 24.0 Å². The maximum Gasteiger partial charge on any atom is 0.325 e. The fourth-order valence-corrected chi connectivity index (χ4v) is 2.94. The monoisotopic (exact) mass is 337 g/mol. The molecule has 10 heteroatoms. The molecule has 0 aromatic carbocycles. The van der Waals surface area contributed by atoms with Gasteiger partial charge in [-0.05, 0) is 6.07 Å². The van der Waals surface area contributed by atoms with Gasteiger partial charge in [-0.2, -0.15) is 0 Å². The minimum absolute atomic E-state index is 0.0274. The van der Waals surface area contributed by atoms with Crippen molar-refractivity contribution in [2.24, 2.45) is 0 Å². The summed E-state index contributed by atoms with van der Waals surface area (Å²) in [7, 11) is 0. The van der Waals surface area contributed by atoms with Gasteiger partial charge in [0, 0.05) is 11.6 Å². The Kier molecular flexibility index (Phi) is 3.73. The number of hydrogen-bond acceptors (Lipinski definition) is 6. The van der Waals surface area contributed by atoms with Crippen LogP contribution in [-0.4, -0.2) is 36.7 Å². The predicted molar refractivity (Wildman–Crippen MR) is 80.2 cm³/mol. The van der Waals surface area contributed by atoms with Crippen LogP contribution in [0, 0.1) is 0 Å². The molecule has 0 unspecified atom stereocenters. The summed E-state index contributed by atoms with van der Waals surface area (Å²) in [6, 6.07) is 1.73. The highest BCUT2D eigenvalue weighted by molar-refractivity contribution is 7.17. The number of thiophene rings is 1. The van der Waals surface area contributed by atoms with Crippen LogP contribution < -0.4 is 5.32 Å². The van der Waals surface area contributed by atoms with Gasteiger partial charge in [0.15, 0.2) is 0 Å². The molecule has 3 aromatic heterocycles. The van der Waals surface area contributed by atoms with Crippen LogP contribution in [0.1, 0.15) is 10.4 Å². The predicted octanol–water partition coefficient (Wildman–Crippen LogP) is 1.88. The Hall–Kier alpha value is -2.52. The molecule has 0 saturated heterocycles. The average molecular weight is 338 g/mol. The van der Waals surface area contributed by atoms with Crippen LogP contribution in [0.25, 0.3) is 10.2 Å². The normalized spacial score (nSPS) is 10.8. The number of aliphatic carboxylic acids is 1. The molecule has 3 aromatic rings. The van der Waals surface area contributed by atoms with E-state index in [9.17, 15) is 9.59 Å². The zero-order valence-corrected chi connectivity index (χ0v) is 12.4. The van der Waals surface area contributed by atoms with Crippen LogP contribution in [0.3, 0.4) is 0 Å². The summed E-state index contributed by atoms with van der Waals surface area (Å²) in [5.74, 6) is -1.44. The van der Waals surface area contributed by atoms with Gasteiger partial charge in [0.2, 0.25) is 5.95 Å². The largest absolute Gasteiger partial charge is 0.480 e. The Balaban J connectivity index is 1.81. The van der Waals surface area contributed by atoms with E-state index < -0.39 is 11.9 Å². The summed E-state index contributed by atoms with van der Waals surface area (Å²) in [4.78, 5) is 30.8. The number of halogens is 1. The lowest BCUT2D eigenvalue weighted by atomic mass is 10.2. The number of nitrogens with zero attached hydrogens (tertiary/aromatic N) is 4. The standard InChI is InChI=1S/C12H8ClN5O3S/c13-6-1-8-10(14-2-6)7(4-22-8)11(21)16-12-15-5-18(17-12)3-9(19)20/h1-2,4-5H,3H2,(H,19,20)(H,16,17,21).